The van der Waals surface area contributed by atoms with E-state index in [-0.39, 0.29) is 12.1 Å². The lowest BCUT2D eigenvalue weighted by atomic mass is 10.1. The molecule has 2 aromatic carbocycles. The number of nitrogens with zero attached hydrogens (tertiary/aromatic N) is 4. The summed E-state index contributed by atoms with van der Waals surface area (Å²) in [5, 5.41) is 1.37. The number of aromatic nitrogens is 2. The third kappa shape index (κ3) is 4.50. The topological polar surface area (TPSA) is 63.8 Å². The first-order valence-electron chi connectivity index (χ1n) is 12.0. The van der Waals surface area contributed by atoms with Crippen molar-refractivity contribution in [3.05, 3.63) is 58.4 Å². The monoisotopic (exact) mass is 512 g/mol. The summed E-state index contributed by atoms with van der Waals surface area (Å²) >= 11 is 6.38. The van der Waals surface area contributed by atoms with Crippen LogP contribution in [0, 0.1) is 6.92 Å². The molecule has 1 aliphatic rings. The number of benzene rings is 2. The molecule has 0 saturated carbocycles. The highest BCUT2D eigenvalue weighted by atomic mass is 35.5. The van der Waals surface area contributed by atoms with Gasteiger partial charge < -0.3 is 14.1 Å². The second-order valence-electron chi connectivity index (χ2n) is 9.17. The van der Waals surface area contributed by atoms with Gasteiger partial charge in [0, 0.05) is 29.8 Å². The van der Waals surface area contributed by atoms with Gasteiger partial charge in [-0.15, -0.1) is 0 Å². The van der Waals surface area contributed by atoms with Crippen LogP contribution in [0.5, 0.6) is 0 Å². The third-order valence-corrected chi connectivity index (χ3v) is 6.94. The van der Waals surface area contributed by atoms with E-state index in [0.29, 0.717) is 51.8 Å². The average molecular weight is 513 g/mol. The molecule has 2 aromatic heterocycles. The number of furan rings is 1. The number of fused-ring (bicyclic) bond motifs is 3. The maximum Gasteiger partial charge on any atom is 0.297 e. The van der Waals surface area contributed by atoms with Crippen LogP contribution in [0.3, 0.4) is 0 Å². The molecule has 0 bridgehead atoms. The molecule has 0 unspecified atom stereocenters. The van der Waals surface area contributed by atoms with Crippen LogP contribution >= 0.6 is 11.6 Å². The molecular weight excluding hydrogens is 486 g/mol. The van der Waals surface area contributed by atoms with Crippen LogP contribution in [0.1, 0.15) is 50.6 Å². The largest absolute Gasteiger partial charge is 0.476 e. The van der Waals surface area contributed by atoms with Crippen molar-refractivity contribution in [1.29, 1.82) is 0 Å². The van der Waals surface area contributed by atoms with Crippen LogP contribution in [-0.2, 0) is 11.2 Å². The molecule has 1 aliphatic heterocycles. The number of anilines is 1. The minimum Gasteiger partial charge on any atom is -0.476 e. The van der Waals surface area contributed by atoms with Crippen LogP contribution in [0.15, 0.2) is 45.8 Å². The van der Waals surface area contributed by atoms with E-state index in [1.807, 2.05) is 56.0 Å². The van der Waals surface area contributed by atoms with Crippen LogP contribution in [0.4, 0.5) is 20.3 Å². The van der Waals surface area contributed by atoms with E-state index in [9.17, 15) is 8.78 Å². The Morgan fingerprint density at radius 2 is 2.06 bits per heavy atom. The fraction of sp³-hybridized carbons (Fsp3) is 0.370. The zero-order valence-electron chi connectivity index (χ0n) is 20.6. The van der Waals surface area contributed by atoms with Crippen molar-refractivity contribution >= 4 is 51.1 Å². The Labute approximate surface area is 212 Å². The number of rotatable bonds is 5. The summed E-state index contributed by atoms with van der Waals surface area (Å²) in [5.41, 5.74) is 4.24. The molecule has 188 valence electrons. The summed E-state index contributed by atoms with van der Waals surface area (Å²) in [6.45, 7) is 8.34. The molecule has 4 aromatic rings. The normalized spacial score (nSPS) is 18.7. The van der Waals surface area contributed by atoms with Crippen molar-refractivity contribution in [2.75, 3.05) is 11.4 Å². The number of ether oxygens (including phenoxy) is 1. The van der Waals surface area contributed by atoms with E-state index in [4.69, 9.17) is 20.8 Å². The Morgan fingerprint density at radius 1 is 1.28 bits per heavy atom. The van der Waals surface area contributed by atoms with Gasteiger partial charge in [0.1, 0.15) is 17.2 Å². The summed E-state index contributed by atoms with van der Waals surface area (Å²) in [4.78, 5) is 14.9. The molecule has 9 heteroatoms. The molecule has 1 fully saturated rings. The van der Waals surface area contributed by atoms with Gasteiger partial charge in [0.15, 0.2) is 23.1 Å². The zero-order chi connectivity index (χ0) is 25.6. The zero-order valence-corrected chi connectivity index (χ0v) is 21.3. The minimum atomic E-state index is -2.80. The highest BCUT2D eigenvalue weighted by molar-refractivity contribution is 6.31. The molecule has 0 N–H and O–H groups in total. The van der Waals surface area contributed by atoms with Gasteiger partial charge in [-0.25, -0.2) is 23.7 Å². The third-order valence-electron chi connectivity index (χ3n) is 6.58. The molecule has 36 heavy (non-hydrogen) atoms. The van der Waals surface area contributed by atoms with Crippen LogP contribution < -0.4 is 4.90 Å². The SMILES string of the molecule is CCc1cc(C)c(N=C(C)O[C@H]2C[C@@H](C)N(c3nc(C(F)F)nc4c3oc3ccccc34)C2)cc1Cl. The number of aliphatic imine (C=N–C) groups is 1. The Kier molecular flexibility index (Phi) is 6.55. The van der Waals surface area contributed by atoms with E-state index >= 15 is 0 Å². The maximum absolute atomic E-state index is 13.7. The van der Waals surface area contributed by atoms with Gasteiger partial charge in [0.2, 0.25) is 0 Å². The number of hydrogen-bond donors (Lipinski definition) is 0. The Bertz CT molecular complexity index is 1470. The van der Waals surface area contributed by atoms with Crippen molar-refractivity contribution in [2.24, 2.45) is 4.99 Å². The predicted octanol–water partition coefficient (Wildman–Crippen LogP) is 7.57. The van der Waals surface area contributed by atoms with Gasteiger partial charge >= 0.3 is 0 Å². The lowest BCUT2D eigenvalue weighted by Gasteiger charge is -2.22. The van der Waals surface area contributed by atoms with Gasteiger partial charge in [-0.05, 0) is 49.6 Å². The van der Waals surface area contributed by atoms with Gasteiger partial charge in [0.05, 0.1) is 12.2 Å². The first-order valence-corrected chi connectivity index (χ1v) is 12.4. The summed E-state index contributed by atoms with van der Waals surface area (Å²) in [6.07, 6.45) is -1.46. The highest BCUT2D eigenvalue weighted by Gasteiger charge is 2.35. The van der Waals surface area contributed by atoms with Crippen molar-refractivity contribution in [3.63, 3.8) is 0 Å². The molecule has 0 amide bonds. The fourth-order valence-corrected chi connectivity index (χ4v) is 5.10. The van der Waals surface area contributed by atoms with Gasteiger partial charge in [0.25, 0.3) is 6.43 Å². The summed E-state index contributed by atoms with van der Waals surface area (Å²) in [5.74, 6) is 0.362. The van der Waals surface area contributed by atoms with Gasteiger partial charge in [-0.2, -0.15) is 0 Å². The number of halogens is 3. The fourth-order valence-electron chi connectivity index (χ4n) is 4.81. The molecule has 0 spiro atoms. The van der Waals surface area contributed by atoms with Crippen molar-refractivity contribution in [1.82, 2.24) is 9.97 Å². The highest BCUT2D eigenvalue weighted by Crippen LogP contribution is 2.37. The van der Waals surface area contributed by atoms with Crippen molar-refractivity contribution in [3.8, 4) is 0 Å². The Hall–Kier alpha value is -3.26. The molecule has 1 saturated heterocycles. The number of hydrogen-bond acceptors (Lipinski definition) is 6. The Morgan fingerprint density at radius 3 is 2.81 bits per heavy atom. The molecule has 5 rings (SSSR count). The van der Waals surface area contributed by atoms with E-state index in [1.54, 1.807) is 6.07 Å². The first-order chi connectivity index (χ1) is 17.2. The predicted molar refractivity (Wildman–Crippen MR) is 139 cm³/mol. The van der Waals surface area contributed by atoms with E-state index < -0.39 is 12.2 Å². The Balaban J connectivity index is 1.44. The minimum absolute atomic E-state index is 0.0142. The van der Waals surface area contributed by atoms with Crippen LogP contribution in [0.25, 0.3) is 22.1 Å². The van der Waals surface area contributed by atoms with Crippen molar-refractivity contribution in [2.45, 2.75) is 59.1 Å². The van der Waals surface area contributed by atoms with Crippen LogP contribution in [-0.4, -0.2) is 34.6 Å². The average Bonchev–Trinajstić information content (AvgIpc) is 3.40. The van der Waals surface area contributed by atoms with Gasteiger partial charge in [-0.1, -0.05) is 36.7 Å². The molecular formula is C27H27ClF2N4O2. The summed E-state index contributed by atoms with van der Waals surface area (Å²) < 4.78 is 39.6. The quantitative estimate of drug-likeness (QED) is 0.204. The second-order valence-corrected chi connectivity index (χ2v) is 9.58. The van der Waals surface area contributed by atoms with E-state index in [1.165, 1.54) is 0 Å². The maximum atomic E-state index is 13.7. The van der Waals surface area contributed by atoms with E-state index in [0.717, 1.165) is 23.2 Å². The number of alkyl halides is 2. The smallest absolute Gasteiger partial charge is 0.297 e. The number of para-hydroxylation sites is 1. The number of aryl methyl sites for hydroxylation is 2. The summed E-state index contributed by atoms with van der Waals surface area (Å²) in [6, 6.07) is 11.2. The van der Waals surface area contributed by atoms with Gasteiger partial charge in [-0.3, -0.25) is 0 Å². The second kappa shape index (κ2) is 9.65. The standard InChI is InChI=1S/C27H27ClF2N4O2/c1-5-17-10-14(2)21(12-20(17)28)31-16(4)35-18-11-15(3)34(13-18)27-24-23(32-26(33-27)25(29)30)19-8-6-7-9-22(19)36-24/h6-10,12,15,18,25H,5,11,13H2,1-4H3/t15-,18+/m1/s1. The van der Waals surface area contributed by atoms with Crippen LogP contribution in [0.2, 0.25) is 5.02 Å². The lowest BCUT2D eigenvalue weighted by molar-refractivity contribution is 0.141. The molecule has 2 atom stereocenters. The molecule has 3 heterocycles. The first kappa shape index (κ1) is 24.4. The van der Waals surface area contributed by atoms with Crippen molar-refractivity contribution < 1.29 is 17.9 Å². The molecule has 0 aliphatic carbocycles. The molecule has 0 radical (unpaired) electrons. The summed E-state index contributed by atoms with van der Waals surface area (Å²) in [7, 11) is 0. The van der Waals surface area contributed by atoms with E-state index in [2.05, 4.69) is 21.9 Å². The lowest BCUT2D eigenvalue weighted by Crippen LogP contribution is -2.29. The molecule has 6 nitrogen and oxygen atoms in total.